The maximum atomic E-state index is 12.1. The molecular formula is C16H21N3O2. The van der Waals surface area contributed by atoms with E-state index < -0.39 is 0 Å². The number of hydrogen-bond acceptors (Lipinski definition) is 3. The third kappa shape index (κ3) is 3.90. The third-order valence-electron chi connectivity index (χ3n) is 3.65. The molecule has 2 rings (SSSR count). The van der Waals surface area contributed by atoms with E-state index in [1.165, 1.54) is 5.01 Å². The van der Waals surface area contributed by atoms with Crippen molar-refractivity contribution in [2.75, 3.05) is 20.1 Å². The maximum Gasteiger partial charge on any atom is 0.243 e. The second kappa shape index (κ2) is 7.02. The molecule has 0 aromatic heterocycles. The van der Waals surface area contributed by atoms with Gasteiger partial charge in [0.2, 0.25) is 11.8 Å². The Bertz CT molecular complexity index is 540. The predicted molar refractivity (Wildman–Crippen MR) is 81.9 cm³/mol. The number of hydrazone groups is 1. The van der Waals surface area contributed by atoms with E-state index >= 15 is 0 Å². The quantitative estimate of drug-likeness (QED) is 0.830. The van der Waals surface area contributed by atoms with Gasteiger partial charge in [-0.1, -0.05) is 30.3 Å². The molecular weight excluding hydrogens is 266 g/mol. The van der Waals surface area contributed by atoms with Crippen molar-refractivity contribution in [3.8, 4) is 0 Å². The average molecular weight is 287 g/mol. The Morgan fingerprint density at radius 1 is 1.24 bits per heavy atom. The van der Waals surface area contributed by atoms with Crippen molar-refractivity contribution in [2.24, 2.45) is 5.10 Å². The molecule has 1 aromatic rings. The zero-order valence-corrected chi connectivity index (χ0v) is 12.6. The number of carbonyl (C=O) groups excluding carboxylic acids is 2. The van der Waals surface area contributed by atoms with Crippen LogP contribution in [0.4, 0.5) is 0 Å². The van der Waals surface area contributed by atoms with Gasteiger partial charge in [0.15, 0.2) is 0 Å². The predicted octanol–water partition coefficient (Wildman–Crippen LogP) is 1.88. The minimum atomic E-state index is -0.0845. The smallest absolute Gasteiger partial charge is 0.243 e. The Morgan fingerprint density at radius 3 is 2.62 bits per heavy atom. The zero-order valence-electron chi connectivity index (χ0n) is 12.6. The molecule has 0 saturated heterocycles. The molecule has 1 heterocycles. The lowest BCUT2D eigenvalue weighted by molar-refractivity contribution is -0.136. The first-order valence-electron chi connectivity index (χ1n) is 7.29. The fraction of sp³-hybridized carbons (Fsp3) is 0.438. The van der Waals surface area contributed by atoms with Crippen LogP contribution in [0.2, 0.25) is 0 Å². The molecule has 2 amide bonds. The number of benzene rings is 1. The van der Waals surface area contributed by atoms with E-state index in [1.54, 1.807) is 11.9 Å². The van der Waals surface area contributed by atoms with Gasteiger partial charge in [-0.15, -0.1) is 0 Å². The molecule has 0 radical (unpaired) electrons. The molecule has 5 heteroatoms. The number of amides is 2. The number of rotatable bonds is 5. The molecule has 1 aliphatic rings. The number of nitrogens with zero attached hydrogens (tertiary/aromatic N) is 3. The first-order chi connectivity index (χ1) is 10.1. The summed E-state index contributed by atoms with van der Waals surface area (Å²) in [5.74, 6) is -0.0870. The summed E-state index contributed by atoms with van der Waals surface area (Å²) in [6.45, 7) is 3.17. The molecule has 0 unspecified atom stereocenters. The second-order valence-electron chi connectivity index (χ2n) is 5.09. The van der Waals surface area contributed by atoms with Crippen LogP contribution in [0.25, 0.3) is 0 Å². The van der Waals surface area contributed by atoms with E-state index in [4.69, 9.17) is 0 Å². The van der Waals surface area contributed by atoms with Gasteiger partial charge in [0.25, 0.3) is 0 Å². The van der Waals surface area contributed by atoms with Crippen molar-refractivity contribution < 1.29 is 9.59 Å². The molecule has 21 heavy (non-hydrogen) atoms. The van der Waals surface area contributed by atoms with E-state index in [2.05, 4.69) is 5.10 Å². The van der Waals surface area contributed by atoms with Gasteiger partial charge in [-0.25, -0.2) is 5.01 Å². The molecule has 112 valence electrons. The van der Waals surface area contributed by atoms with Crippen LogP contribution in [0.1, 0.15) is 31.7 Å². The molecule has 1 aliphatic heterocycles. The van der Waals surface area contributed by atoms with Crippen LogP contribution in [0, 0.1) is 0 Å². The summed E-state index contributed by atoms with van der Waals surface area (Å²) in [5, 5.41) is 5.86. The summed E-state index contributed by atoms with van der Waals surface area (Å²) in [6.07, 6.45) is 1.23. The Morgan fingerprint density at radius 2 is 1.95 bits per heavy atom. The highest BCUT2D eigenvalue weighted by Gasteiger charge is 2.22. The standard InChI is InChI=1S/C16H21N3O2/c1-3-18(2)15(20)9-10-16(21)19-12-11-14(17-19)13-7-5-4-6-8-13/h4-8H,3,9-12H2,1-2H3. The fourth-order valence-electron chi connectivity index (χ4n) is 2.18. The van der Waals surface area contributed by atoms with Gasteiger partial charge >= 0.3 is 0 Å². The zero-order chi connectivity index (χ0) is 15.2. The summed E-state index contributed by atoms with van der Waals surface area (Å²) in [6, 6.07) is 9.86. The van der Waals surface area contributed by atoms with Crippen LogP contribution in [0.3, 0.4) is 0 Å². The van der Waals surface area contributed by atoms with Crippen LogP contribution >= 0.6 is 0 Å². The molecule has 0 spiro atoms. The molecule has 0 N–H and O–H groups in total. The minimum Gasteiger partial charge on any atom is -0.346 e. The van der Waals surface area contributed by atoms with Crippen molar-refractivity contribution in [1.82, 2.24) is 9.91 Å². The second-order valence-corrected chi connectivity index (χ2v) is 5.09. The number of carbonyl (C=O) groups is 2. The SMILES string of the molecule is CCN(C)C(=O)CCC(=O)N1CCC(c2ccccc2)=N1. The largest absolute Gasteiger partial charge is 0.346 e. The van der Waals surface area contributed by atoms with Crippen LogP contribution in [0.5, 0.6) is 0 Å². The summed E-state index contributed by atoms with van der Waals surface area (Å²) in [4.78, 5) is 25.4. The highest BCUT2D eigenvalue weighted by atomic mass is 16.2. The first-order valence-corrected chi connectivity index (χ1v) is 7.29. The molecule has 1 aromatic carbocycles. The Hall–Kier alpha value is -2.17. The van der Waals surface area contributed by atoms with Gasteiger partial charge in [0, 0.05) is 32.9 Å². The van der Waals surface area contributed by atoms with Gasteiger partial charge in [-0.2, -0.15) is 5.10 Å². The molecule has 0 fully saturated rings. The Labute approximate surface area is 125 Å². The summed E-state index contributed by atoms with van der Waals surface area (Å²) in [5.41, 5.74) is 1.98. The van der Waals surface area contributed by atoms with E-state index in [0.717, 1.165) is 17.7 Å². The van der Waals surface area contributed by atoms with Crippen molar-refractivity contribution in [2.45, 2.75) is 26.2 Å². The van der Waals surface area contributed by atoms with Crippen LogP contribution in [-0.2, 0) is 9.59 Å². The minimum absolute atomic E-state index is 0.00249. The summed E-state index contributed by atoms with van der Waals surface area (Å²) >= 11 is 0. The summed E-state index contributed by atoms with van der Waals surface area (Å²) < 4.78 is 0. The molecule has 0 aliphatic carbocycles. The van der Waals surface area contributed by atoms with E-state index in [-0.39, 0.29) is 24.7 Å². The fourth-order valence-corrected chi connectivity index (χ4v) is 2.18. The first kappa shape index (κ1) is 15.2. The molecule has 0 atom stereocenters. The summed E-state index contributed by atoms with van der Waals surface area (Å²) in [7, 11) is 1.74. The Balaban J connectivity index is 1.90. The van der Waals surface area contributed by atoms with E-state index in [9.17, 15) is 9.59 Å². The van der Waals surface area contributed by atoms with Gasteiger partial charge in [0.1, 0.15) is 0 Å². The highest BCUT2D eigenvalue weighted by Crippen LogP contribution is 2.15. The van der Waals surface area contributed by atoms with Gasteiger partial charge in [0.05, 0.1) is 12.3 Å². The lowest BCUT2D eigenvalue weighted by atomic mass is 10.1. The van der Waals surface area contributed by atoms with Gasteiger partial charge in [-0.05, 0) is 12.5 Å². The monoisotopic (exact) mass is 287 g/mol. The molecule has 0 bridgehead atoms. The van der Waals surface area contributed by atoms with Gasteiger partial charge < -0.3 is 4.90 Å². The van der Waals surface area contributed by atoms with Crippen LogP contribution in [0.15, 0.2) is 35.4 Å². The van der Waals surface area contributed by atoms with Gasteiger partial charge in [-0.3, -0.25) is 9.59 Å². The lowest BCUT2D eigenvalue weighted by Crippen LogP contribution is -2.29. The van der Waals surface area contributed by atoms with Crippen molar-refractivity contribution >= 4 is 17.5 Å². The molecule has 5 nitrogen and oxygen atoms in total. The molecule has 0 saturated carbocycles. The third-order valence-corrected chi connectivity index (χ3v) is 3.65. The maximum absolute atomic E-state index is 12.1. The van der Waals surface area contributed by atoms with Crippen molar-refractivity contribution in [3.63, 3.8) is 0 Å². The van der Waals surface area contributed by atoms with Crippen LogP contribution in [-0.4, -0.2) is 47.6 Å². The lowest BCUT2D eigenvalue weighted by Gasteiger charge is -2.15. The van der Waals surface area contributed by atoms with Crippen molar-refractivity contribution in [1.29, 1.82) is 0 Å². The topological polar surface area (TPSA) is 53.0 Å². The van der Waals surface area contributed by atoms with Crippen molar-refractivity contribution in [3.05, 3.63) is 35.9 Å². The van der Waals surface area contributed by atoms with E-state index in [1.807, 2.05) is 37.3 Å². The average Bonchev–Trinajstić information content (AvgIpc) is 3.02. The van der Waals surface area contributed by atoms with Crippen LogP contribution < -0.4 is 0 Å². The highest BCUT2D eigenvalue weighted by molar-refractivity contribution is 6.02. The normalized spacial score (nSPS) is 14.0. The van der Waals surface area contributed by atoms with E-state index in [0.29, 0.717) is 13.1 Å². The number of hydrogen-bond donors (Lipinski definition) is 0. The Kier molecular flexibility index (Phi) is 5.09.